The van der Waals surface area contributed by atoms with Gasteiger partial charge in [0, 0.05) is 26.2 Å². The van der Waals surface area contributed by atoms with Gasteiger partial charge in [-0.3, -0.25) is 9.69 Å². The fourth-order valence-corrected chi connectivity index (χ4v) is 2.13. The van der Waals surface area contributed by atoms with E-state index in [-0.39, 0.29) is 5.78 Å². The number of carbonyl (C=O) groups is 2. The smallest absolute Gasteiger partial charge is 0.331 e. The molecule has 5 heteroatoms. The minimum absolute atomic E-state index is 0.131. The maximum absolute atomic E-state index is 11.7. The van der Waals surface area contributed by atoms with Gasteiger partial charge in [0.05, 0.1) is 6.61 Å². The van der Waals surface area contributed by atoms with Gasteiger partial charge in [0.1, 0.15) is 0 Å². The first kappa shape index (κ1) is 14.1. The summed E-state index contributed by atoms with van der Waals surface area (Å²) >= 11 is 0. The van der Waals surface area contributed by atoms with Gasteiger partial charge in [0.25, 0.3) is 0 Å². The second kappa shape index (κ2) is 6.71. The Morgan fingerprint density at radius 2 is 1.76 bits per heavy atom. The van der Waals surface area contributed by atoms with E-state index in [1.54, 1.807) is 6.92 Å². The van der Waals surface area contributed by atoms with E-state index in [9.17, 15) is 9.59 Å². The molecule has 0 spiro atoms. The zero-order valence-corrected chi connectivity index (χ0v) is 10.9. The molecule has 0 aliphatic carbocycles. The van der Waals surface area contributed by atoms with Crippen LogP contribution in [-0.2, 0) is 14.3 Å². The third-order valence-corrected chi connectivity index (χ3v) is 3.11. The Kier molecular flexibility index (Phi) is 5.58. The van der Waals surface area contributed by atoms with E-state index in [2.05, 4.69) is 11.8 Å². The standard InChI is InChI=1S/C12H22N2O3/c1-4-13-6-8-14(9-7-13)11(10(3)15)12(16)17-5-2/h11H,4-9H2,1-3H3. The minimum atomic E-state index is -0.714. The topological polar surface area (TPSA) is 49.9 Å². The number of carbonyl (C=O) groups excluding carboxylic acids is 2. The van der Waals surface area contributed by atoms with Gasteiger partial charge < -0.3 is 9.64 Å². The lowest BCUT2D eigenvalue weighted by molar-refractivity contribution is -0.153. The van der Waals surface area contributed by atoms with Gasteiger partial charge >= 0.3 is 5.97 Å². The van der Waals surface area contributed by atoms with E-state index in [1.165, 1.54) is 6.92 Å². The molecule has 0 saturated carbocycles. The zero-order valence-electron chi connectivity index (χ0n) is 10.9. The quantitative estimate of drug-likeness (QED) is 0.507. The number of nitrogens with zero attached hydrogens (tertiary/aromatic N) is 2. The highest BCUT2D eigenvalue weighted by Gasteiger charge is 2.33. The van der Waals surface area contributed by atoms with Crippen LogP contribution < -0.4 is 0 Å². The number of hydrogen-bond donors (Lipinski definition) is 0. The van der Waals surface area contributed by atoms with Crippen molar-refractivity contribution in [2.45, 2.75) is 26.8 Å². The second-order valence-corrected chi connectivity index (χ2v) is 4.24. The lowest BCUT2D eigenvalue weighted by Crippen LogP contribution is -2.55. The predicted octanol–water partition coefficient (Wildman–Crippen LogP) is 0.145. The molecule has 1 saturated heterocycles. The average Bonchev–Trinajstić information content (AvgIpc) is 2.30. The largest absolute Gasteiger partial charge is 0.464 e. The maximum Gasteiger partial charge on any atom is 0.331 e. The zero-order chi connectivity index (χ0) is 12.8. The van der Waals surface area contributed by atoms with Crippen LogP contribution in [0.1, 0.15) is 20.8 Å². The van der Waals surface area contributed by atoms with Crippen molar-refractivity contribution >= 4 is 11.8 Å². The van der Waals surface area contributed by atoms with Crippen molar-refractivity contribution in [2.24, 2.45) is 0 Å². The maximum atomic E-state index is 11.7. The molecule has 0 aromatic rings. The molecule has 0 radical (unpaired) electrons. The summed E-state index contributed by atoms with van der Waals surface area (Å²) in [6, 6.07) is -0.714. The molecular formula is C12H22N2O3. The summed E-state index contributed by atoms with van der Waals surface area (Å²) in [6.45, 7) is 9.95. The van der Waals surface area contributed by atoms with Crippen molar-refractivity contribution in [3.63, 3.8) is 0 Å². The highest BCUT2D eigenvalue weighted by atomic mass is 16.5. The second-order valence-electron chi connectivity index (χ2n) is 4.24. The van der Waals surface area contributed by atoms with E-state index in [1.807, 2.05) is 4.90 Å². The van der Waals surface area contributed by atoms with Gasteiger partial charge in [-0.25, -0.2) is 4.79 Å². The van der Waals surface area contributed by atoms with Crippen molar-refractivity contribution in [1.29, 1.82) is 0 Å². The van der Waals surface area contributed by atoms with Gasteiger partial charge in [-0.05, 0) is 20.4 Å². The number of Topliss-reactive ketones (excluding diaryl/α,β-unsaturated/α-hetero) is 1. The number of ketones is 1. The van der Waals surface area contributed by atoms with Crippen LogP contribution in [0.2, 0.25) is 0 Å². The molecule has 17 heavy (non-hydrogen) atoms. The molecular weight excluding hydrogens is 220 g/mol. The Labute approximate surface area is 103 Å². The minimum Gasteiger partial charge on any atom is -0.464 e. The van der Waals surface area contributed by atoms with Crippen LogP contribution in [0.15, 0.2) is 0 Å². The van der Waals surface area contributed by atoms with E-state index >= 15 is 0 Å². The van der Waals surface area contributed by atoms with E-state index in [0.717, 1.165) is 32.7 Å². The summed E-state index contributed by atoms with van der Waals surface area (Å²) in [5.41, 5.74) is 0. The number of hydrogen-bond acceptors (Lipinski definition) is 5. The summed E-state index contributed by atoms with van der Waals surface area (Å²) in [4.78, 5) is 27.5. The van der Waals surface area contributed by atoms with Crippen molar-refractivity contribution < 1.29 is 14.3 Å². The Hall–Kier alpha value is -0.940. The molecule has 98 valence electrons. The van der Waals surface area contributed by atoms with E-state index in [4.69, 9.17) is 4.74 Å². The Morgan fingerprint density at radius 3 is 2.18 bits per heavy atom. The third kappa shape index (κ3) is 3.78. The monoisotopic (exact) mass is 242 g/mol. The third-order valence-electron chi connectivity index (χ3n) is 3.11. The molecule has 5 nitrogen and oxygen atoms in total. The molecule has 1 atom stereocenters. The fourth-order valence-electron chi connectivity index (χ4n) is 2.13. The van der Waals surface area contributed by atoms with Crippen LogP contribution in [0.25, 0.3) is 0 Å². The molecule has 0 N–H and O–H groups in total. The van der Waals surface area contributed by atoms with Gasteiger partial charge in [-0.15, -0.1) is 0 Å². The molecule has 1 rings (SSSR count). The number of esters is 1. The van der Waals surface area contributed by atoms with Crippen LogP contribution in [-0.4, -0.2) is 66.9 Å². The summed E-state index contributed by atoms with van der Waals surface area (Å²) < 4.78 is 4.96. The van der Waals surface area contributed by atoms with Crippen molar-refractivity contribution in [3.8, 4) is 0 Å². The first-order chi connectivity index (χ1) is 8.10. The fraction of sp³-hybridized carbons (Fsp3) is 0.833. The van der Waals surface area contributed by atoms with E-state index < -0.39 is 12.0 Å². The van der Waals surface area contributed by atoms with Gasteiger partial charge in [-0.2, -0.15) is 0 Å². The van der Waals surface area contributed by atoms with Crippen LogP contribution in [0.5, 0.6) is 0 Å². The summed E-state index contributed by atoms with van der Waals surface area (Å²) in [5, 5.41) is 0. The van der Waals surface area contributed by atoms with Gasteiger partial charge in [-0.1, -0.05) is 6.92 Å². The van der Waals surface area contributed by atoms with Crippen LogP contribution in [0.3, 0.4) is 0 Å². The number of piperazine rings is 1. The van der Waals surface area contributed by atoms with E-state index in [0.29, 0.717) is 6.61 Å². The van der Waals surface area contributed by atoms with Crippen LogP contribution >= 0.6 is 0 Å². The SMILES string of the molecule is CCOC(=O)C(C(C)=O)N1CCN(CC)CC1. The molecule has 1 aliphatic heterocycles. The number of ether oxygens (including phenoxy) is 1. The summed E-state index contributed by atoms with van der Waals surface area (Å²) in [5.74, 6) is -0.543. The van der Waals surface area contributed by atoms with Crippen molar-refractivity contribution in [2.75, 3.05) is 39.3 Å². The normalized spacial score (nSPS) is 19.9. The summed E-state index contributed by atoms with van der Waals surface area (Å²) in [7, 11) is 0. The first-order valence-corrected chi connectivity index (χ1v) is 6.23. The molecule has 0 aromatic carbocycles. The molecule has 0 bridgehead atoms. The molecule has 1 unspecified atom stereocenters. The molecule has 1 fully saturated rings. The van der Waals surface area contributed by atoms with Gasteiger partial charge in [0.15, 0.2) is 11.8 Å². The lowest BCUT2D eigenvalue weighted by Gasteiger charge is -2.36. The lowest BCUT2D eigenvalue weighted by atomic mass is 10.1. The van der Waals surface area contributed by atoms with Crippen molar-refractivity contribution in [1.82, 2.24) is 9.80 Å². The Bertz CT molecular complexity index is 273. The predicted molar refractivity (Wildman–Crippen MR) is 64.8 cm³/mol. The molecule has 0 aromatic heterocycles. The molecule has 0 amide bonds. The van der Waals surface area contributed by atoms with Crippen LogP contribution in [0.4, 0.5) is 0 Å². The first-order valence-electron chi connectivity index (χ1n) is 6.23. The average molecular weight is 242 g/mol. The Balaban J connectivity index is 2.60. The molecule has 1 heterocycles. The highest BCUT2D eigenvalue weighted by molar-refractivity contribution is 6.01. The van der Waals surface area contributed by atoms with Crippen molar-refractivity contribution in [3.05, 3.63) is 0 Å². The Morgan fingerprint density at radius 1 is 1.18 bits per heavy atom. The molecule has 1 aliphatic rings. The van der Waals surface area contributed by atoms with Crippen LogP contribution in [0, 0.1) is 0 Å². The highest BCUT2D eigenvalue weighted by Crippen LogP contribution is 2.09. The number of likely N-dealkylation sites (N-methyl/N-ethyl adjacent to an activating group) is 1. The van der Waals surface area contributed by atoms with Gasteiger partial charge in [0.2, 0.25) is 0 Å². The number of rotatable bonds is 5. The summed E-state index contributed by atoms with van der Waals surface area (Å²) in [6.07, 6.45) is 0.